The van der Waals surface area contributed by atoms with Crippen LogP contribution in [0.4, 0.5) is 5.69 Å². The van der Waals surface area contributed by atoms with Gasteiger partial charge in [0.1, 0.15) is 5.54 Å². The summed E-state index contributed by atoms with van der Waals surface area (Å²) >= 11 is 1.63. The monoisotopic (exact) mass is 291 g/mol. The Morgan fingerprint density at radius 1 is 1.30 bits per heavy atom. The fourth-order valence-corrected chi connectivity index (χ4v) is 3.01. The molecule has 0 aliphatic carbocycles. The van der Waals surface area contributed by atoms with Crippen LogP contribution in [-0.2, 0) is 4.79 Å². The van der Waals surface area contributed by atoms with Crippen molar-refractivity contribution < 1.29 is 4.79 Å². The molecule has 4 nitrogen and oxygen atoms in total. The Labute approximate surface area is 124 Å². The molecule has 1 aromatic carbocycles. The van der Waals surface area contributed by atoms with Crippen molar-refractivity contribution in [2.75, 3.05) is 11.2 Å². The quantitative estimate of drug-likeness (QED) is 0.844. The number of carbonyl (C=O) groups is 1. The molecule has 108 valence electrons. The molecule has 0 saturated heterocycles. The number of benzene rings is 1. The zero-order valence-corrected chi connectivity index (χ0v) is 13.0. The van der Waals surface area contributed by atoms with E-state index in [1.807, 2.05) is 44.2 Å². The van der Waals surface area contributed by atoms with E-state index in [0.717, 1.165) is 29.4 Å². The summed E-state index contributed by atoms with van der Waals surface area (Å²) in [5, 5.41) is 2.34. The molecular formula is C15H21N3OS. The minimum Gasteiger partial charge on any atom is -0.289 e. The highest BCUT2D eigenvalue weighted by molar-refractivity contribution is 8.13. The standard InChI is InChI=1S/C15H21N3OS/c1-4-5-11-20-14-16-15(2,3)13(19)18(14)17-12-9-7-6-8-10-12/h6-10,17H,4-5,11H2,1-3H3. The first-order valence-corrected chi connectivity index (χ1v) is 7.92. The Morgan fingerprint density at radius 3 is 2.65 bits per heavy atom. The number of hydrogen-bond acceptors (Lipinski definition) is 4. The summed E-state index contributed by atoms with van der Waals surface area (Å²) in [7, 11) is 0. The average molecular weight is 291 g/mol. The third-order valence-corrected chi connectivity index (χ3v) is 4.06. The lowest BCUT2D eigenvalue weighted by molar-refractivity contribution is -0.129. The Morgan fingerprint density at radius 2 is 2.00 bits per heavy atom. The van der Waals surface area contributed by atoms with Crippen molar-refractivity contribution in [2.24, 2.45) is 4.99 Å². The SMILES string of the molecule is CCCCSC1=NC(C)(C)C(=O)N1Nc1ccccc1. The highest BCUT2D eigenvalue weighted by atomic mass is 32.2. The van der Waals surface area contributed by atoms with Crippen molar-refractivity contribution in [3.8, 4) is 0 Å². The molecule has 20 heavy (non-hydrogen) atoms. The van der Waals surface area contributed by atoms with E-state index in [1.165, 1.54) is 0 Å². The van der Waals surface area contributed by atoms with Gasteiger partial charge in [-0.05, 0) is 32.4 Å². The zero-order chi connectivity index (χ0) is 14.6. The molecule has 0 unspecified atom stereocenters. The van der Waals surface area contributed by atoms with Crippen molar-refractivity contribution in [2.45, 2.75) is 39.2 Å². The van der Waals surface area contributed by atoms with Crippen LogP contribution in [0.1, 0.15) is 33.6 Å². The second-order valence-electron chi connectivity index (χ2n) is 5.27. The van der Waals surface area contributed by atoms with Crippen LogP contribution in [0.3, 0.4) is 0 Å². The van der Waals surface area contributed by atoms with Crippen LogP contribution in [0.5, 0.6) is 0 Å². The zero-order valence-electron chi connectivity index (χ0n) is 12.2. The lowest BCUT2D eigenvalue weighted by Gasteiger charge is -2.22. The number of anilines is 1. The molecule has 1 heterocycles. The van der Waals surface area contributed by atoms with Crippen LogP contribution in [0.2, 0.25) is 0 Å². The van der Waals surface area contributed by atoms with Gasteiger partial charge in [-0.15, -0.1) is 0 Å². The molecule has 0 bridgehead atoms. The number of hydrogen-bond donors (Lipinski definition) is 1. The molecular weight excluding hydrogens is 270 g/mol. The average Bonchev–Trinajstić information content (AvgIpc) is 2.64. The van der Waals surface area contributed by atoms with Crippen LogP contribution in [0.25, 0.3) is 0 Å². The van der Waals surface area contributed by atoms with Gasteiger partial charge in [-0.1, -0.05) is 43.3 Å². The molecule has 0 saturated carbocycles. The van der Waals surface area contributed by atoms with Gasteiger partial charge in [0.2, 0.25) is 0 Å². The number of thioether (sulfide) groups is 1. The molecule has 1 aliphatic heterocycles. The summed E-state index contributed by atoms with van der Waals surface area (Å²) in [6.07, 6.45) is 2.27. The van der Waals surface area contributed by atoms with Crippen LogP contribution in [0.15, 0.2) is 35.3 Å². The molecule has 0 radical (unpaired) electrons. The number of nitrogens with zero attached hydrogens (tertiary/aromatic N) is 2. The minimum atomic E-state index is -0.684. The van der Waals surface area contributed by atoms with Gasteiger partial charge in [0.15, 0.2) is 5.17 Å². The first kappa shape index (κ1) is 14.9. The minimum absolute atomic E-state index is 0.0136. The summed E-state index contributed by atoms with van der Waals surface area (Å²) in [5.41, 5.74) is 3.36. The van der Waals surface area contributed by atoms with Crippen LogP contribution in [-0.4, -0.2) is 27.4 Å². The van der Waals surface area contributed by atoms with Gasteiger partial charge in [-0.2, -0.15) is 5.01 Å². The highest BCUT2D eigenvalue weighted by Crippen LogP contribution is 2.28. The fraction of sp³-hybridized carbons (Fsp3) is 0.467. The number of nitrogens with one attached hydrogen (secondary N) is 1. The number of amidine groups is 1. The maximum atomic E-state index is 12.4. The smallest absolute Gasteiger partial charge is 0.274 e. The first-order chi connectivity index (χ1) is 9.54. The molecule has 0 spiro atoms. The molecule has 5 heteroatoms. The molecule has 0 fully saturated rings. The van der Waals surface area contributed by atoms with Gasteiger partial charge in [-0.25, -0.2) is 4.99 Å². The van der Waals surface area contributed by atoms with E-state index in [4.69, 9.17) is 0 Å². The van der Waals surface area contributed by atoms with E-state index in [2.05, 4.69) is 17.3 Å². The third kappa shape index (κ3) is 3.33. The number of para-hydroxylation sites is 1. The number of rotatable bonds is 5. The number of unbranched alkanes of at least 4 members (excludes halogenated alkanes) is 1. The van der Waals surface area contributed by atoms with Crippen molar-refractivity contribution in [1.29, 1.82) is 0 Å². The summed E-state index contributed by atoms with van der Waals surface area (Å²) in [6.45, 7) is 5.86. The number of hydrazine groups is 1. The van der Waals surface area contributed by atoms with Crippen LogP contribution >= 0.6 is 11.8 Å². The third-order valence-electron chi connectivity index (χ3n) is 3.04. The van der Waals surface area contributed by atoms with E-state index < -0.39 is 5.54 Å². The van der Waals surface area contributed by atoms with E-state index >= 15 is 0 Å². The Balaban J connectivity index is 2.12. The molecule has 1 aliphatic rings. The van der Waals surface area contributed by atoms with Crippen molar-refractivity contribution >= 4 is 28.5 Å². The van der Waals surface area contributed by atoms with Gasteiger partial charge >= 0.3 is 0 Å². The Hall–Kier alpha value is -1.49. The largest absolute Gasteiger partial charge is 0.289 e. The fourth-order valence-electron chi connectivity index (χ4n) is 1.84. The second kappa shape index (κ2) is 6.31. The molecule has 0 aromatic heterocycles. The van der Waals surface area contributed by atoms with Gasteiger partial charge in [0.05, 0.1) is 5.69 Å². The topological polar surface area (TPSA) is 44.7 Å². The van der Waals surface area contributed by atoms with Gasteiger partial charge in [-0.3, -0.25) is 10.2 Å². The summed E-state index contributed by atoms with van der Waals surface area (Å²) in [4.78, 5) is 17.0. The highest BCUT2D eigenvalue weighted by Gasteiger charge is 2.41. The van der Waals surface area contributed by atoms with Crippen LogP contribution < -0.4 is 5.43 Å². The van der Waals surface area contributed by atoms with E-state index in [-0.39, 0.29) is 5.91 Å². The van der Waals surface area contributed by atoms with Crippen molar-refractivity contribution in [3.63, 3.8) is 0 Å². The summed E-state index contributed by atoms with van der Waals surface area (Å²) in [6, 6.07) is 9.70. The van der Waals surface area contributed by atoms with E-state index in [9.17, 15) is 4.79 Å². The van der Waals surface area contributed by atoms with E-state index in [1.54, 1.807) is 16.8 Å². The predicted octanol–water partition coefficient (Wildman–Crippen LogP) is 3.52. The first-order valence-electron chi connectivity index (χ1n) is 6.93. The lowest BCUT2D eigenvalue weighted by atomic mass is 10.1. The van der Waals surface area contributed by atoms with Gasteiger partial charge in [0.25, 0.3) is 5.91 Å². The molecule has 1 aromatic rings. The number of carbonyl (C=O) groups excluding carboxylic acids is 1. The Bertz CT molecular complexity index is 499. The number of amides is 1. The van der Waals surface area contributed by atoms with Gasteiger partial charge in [0, 0.05) is 5.75 Å². The maximum absolute atomic E-state index is 12.4. The number of aliphatic imine (C=N–C) groups is 1. The second-order valence-corrected chi connectivity index (χ2v) is 6.34. The van der Waals surface area contributed by atoms with Crippen molar-refractivity contribution in [1.82, 2.24) is 5.01 Å². The summed E-state index contributed by atoms with van der Waals surface area (Å²) < 4.78 is 0. The van der Waals surface area contributed by atoms with Gasteiger partial charge < -0.3 is 0 Å². The Kier molecular flexibility index (Phi) is 4.70. The predicted molar refractivity (Wildman–Crippen MR) is 85.8 cm³/mol. The maximum Gasteiger partial charge on any atom is 0.274 e. The molecule has 1 N–H and O–H groups in total. The van der Waals surface area contributed by atoms with Crippen molar-refractivity contribution in [3.05, 3.63) is 30.3 Å². The normalized spacial score (nSPS) is 17.2. The van der Waals surface area contributed by atoms with E-state index in [0.29, 0.717) is 0 Å². The molecule has 1 amide bonds. The lowest BCUT2D eigenvalue weighted by Crippen LogP contribution is -2.42. The molecule has 2 rings (SSSR count). The van der Waals surface area contributed by atoms with Crippen LogP contribution in [0, 0.1) is 0 Å². The summed E-state index contributed by atoms with van der Waals surface area (Å²) in [5.74, 6) is 0.964. The molecule has 0 atom stereocenters.